The van der Waals surface area contributed by atoms with Gasteiger partial charge in [-0.15, -0.1) is 0 Å². The molecule has 0 atom stereocenters. The number of hydrogen-bond donors (Lipinski definition) is 2. The number of nitrogens with one attached hydrogen (secondary N) is 2. The Morgan fingerprint density at radius 3 is 2.89 bits per heavy atom. The van der Waals surface area contributed by atoms with Gasteiger partial charge in [0.25, 0.3) is 5.56 Å². The monoisotopic (exact) mass is 246 g/mol. The van der Waals surface area contributed by atoms with Crippen molar-refractivity contribution in [2.24, 2.45) is 7.05 Å². The second-order valence-corrected chi connectivity index (χ2v) is 4.41. The molecule has 0 bridgehead atoms. The molecule has 0 aliphatic carbocycles. The number of H-pyrrole nitrogens is 1. The van der Waals surface area contributed by atoms with Crippen LogP contribution >= 0.6 is 0 Å². The lowest BCUT2D eigenvalue weighted by molar-refractivity contribution is 0.816. The van der Waals surface area contributed by atoms with Gasteiger partial charge < -0.3 is 14.9 Å². The second-order valence-electron chi connectivity index (χ2n) is 4.41. The molecule has 96 valence electrons. The van der Waals surface area contributed by atoms with Crippen molar-refractivity contribution in [2.75, 3.05) is 11.9 Å². The summed E-state index contributed by atoms with van der Waals surface area (Å²) in [5.41, 5.74) is 1.80. The molecule has 2 aromatic heterocycles. The minimum absolute atomic E-state index is 0.0798. The number of aryl methyl sites for hydroxylation is 2. The van der Waals surface area contributed by atoms with Crippen LogP contribution in [0.1, 0.15) is 17.1 Å². The van der Waals surface area contributed by atoms with Gasteiger partial charge in [0.1, 0.15) is 11.6 Å². The highest BCUT2D eigenvalue weighted by atomic mass is 16.1. The molecule has 5 heteroatoms. The zero-order valence-electron chi connectivity index (χ0n) is 10.9. The molecule has 0 aromatic carbocycles. The molecule has 0 fully saturated rings. The summed E-state index contributed by atoms with van der Waals surface area (Å²) in [7, 11) is 2.02. The standard InChI is InChI=1S/C13H18N4O/c1-9-12(15-10(2)16-13(9)18)14-7-6-11-5-4-8-17(11)3/h4-5,8H,6-7H2,1-3H3,(H2,14,15,16,18). The molecule has 2 aromatic rings. The average Bonchev–Trinajstić information content (AvgIpc) is 2.71. The summed E-state index contributed by atoms with van der Waals surface area (Å²) in [6, 6.07) is 4.11. The third kappa shape index (κ3) is 2.61. The third-order valence-corrected chi connectivity index (χ3v) is 2.99. The Balaban J connectivity index is 2.03. The van der Waals surface area contributed by atoms with E-state index in [4.69, 9.17) is 0 Å². The quantitative estimate of drug-likeness (QED) is 0.856. The van der Waals surface area contributed by atoms with Gasteiger partial charge in [0.15, 0.2) is 0 Å². The van der Waals surface area contributed by atoms with Gasteiger partial charge in [0, 0.05) is 31.9 Å². The van der Waals surface area contributed by atoms with Gasteiger partial charge in [-0.05, 0) is 26.0 Å². The van der Waals surface area contributed by atoms with E-state index in [1.165, 1.54) is 5.69 Å². The molecule has 0 unspecified atom stereocenters. The Morgan fingerprint density at radius 1 is 1.44 bits per heavy atom. The van der Waals surface area contributed by atoms with Gasteiger partial charge in [-0.3, -0.25) is 4.79 Å². The predicted octanol–water partition coefficient (Wildman–Crippen LogP) is 1.38. The van der Waals surface area contributed by atoms with Gasteiger partial charge in [0.2, 0.25) is 0 Å². The third-order valence-electron chi connectivity index (χ3n) is 2.99. The Bertz CT molecular complexity index is 597. The van der Waals surface area contributed by atoms with Crippen molar-refractivity contribution in [1.82, 2.24) is 14.5 Å². The van der Waals surface area contributed by atoms with Crippen molar-refractivity contribution >= 4 is 5.82 Å². The summed E-state index contributed by atoms with van der Waals surface area (Å²) in [6.45, 7) is 4.31. The molecule has 0 amide bonds. The molecule has 5 nitrogen and oxygen atoms in total. The average molecular weight is 246 g/mol. The van der Waals surface area contributed by atoms with Crippen molar-refractivity contribution in [1.29, 1.82) is 0 Å². The van der Waals surface area contributed by atoms with Crippen LogP contribution in [-0.4, -0.2) is 21.1 Å². The molecule has 2 N–H and O–H groups in total. The van der Waals surface area contributed by atoms with Gasteiger partial charge in [-0.25, -0.2) is 4.98 Å². The van der Waals surface area contributed by atoms with Crippen molar-refractivity contribution in [3.63, 3.8) is 0 Å². The highest BCUT2D eigenvalue weighted by Gasteiger charge is 2.05. The zero-order chi connectivity index (χ0) is 13.1. The SMILES string of the molecule is Cc1nc(NCCc2cccn2C)c(C)c(=O)[nH]1. The van der Waals surface area contributed by atoms with E-state index >= 15 is 0 Å². The summed E-state index contributed by atoms with van der Waals surface area (Å²) >= 11 is 0. The molecule has 18 heavy (non-hydrogen) atoms. The van der Waals surface area contributed by atoms with E-state index in [9.17, 15) is 4.79 Å². The van der Waals surface area contributed by atoms with Crippen LogP contribution in [-0.2, 0) is 13.5 Å². The number of hydrogen-bond acceptors (Lipinski definition) is 3. The number of rotatable bonds is 4. The molecule has 2 rings (SSSR count). The van der Waals surface area contributed by atoms with Gasteiger partial charge in [-0.1, -0.05) is 0 Å². The molecule has 0 aliphatic heterocycles. The number of nitrogens with zero attached hydrogens (tertiary/aromatic N) is 2. The van der Waals surface area contributed by atoms with Crippen LogP contribution in [0, 0.1) is 13.8 Å². The van der Waals surface area contributed by atoms with Crippen LogP contribution in [0.4, 0.5) is 5.82 Å². The molecule has 0 radical (unpaired) electrons. The van der Waals surface area contributed by atoms with Crippen LogP contribution in [0.2, 0.25) is 0 Å². The molecule has 0 saturated heterocycles. The van der Waals surface area contributed by atoms with E-state index in [0.29, 0.717) is 17.2 Å². The minimum Gasteiger partial charge on any atom is -0.369 e. The zero-order valence-corrected chi connectivity index (χ0v) is 10.9. The molecule has 2 heterocycles. The minimum atomic E-state index is -0.0798. The van der Waals surface area contributed by atoms with Crippen molar-refractivity contribution in [3.05, 3.63) is 45.8 Å². The molecule has 0 saturated carbocycles. The summed E-state index contributed by atoms with van der Waals surface area (Å²) in [4.78, 5) is 18.5. The van der Waals surface area contributed by atoms with Crippen molar-refractivity contribution in [2.45, 2.75) is 20.3 Å². The fraction of sp³-hybridized carbons (Fsp3) is 0.385. The van der Waals surface area contributed by atoms with Gasteiger partial charge in [0.05, 0.1) is 5.56 Å². The topological polar surface area (TPSA) is 62.7 Å². The largest absolute Gasteiger partial charge is 0.369 e. The summed E-state index contributed by atoms with van der Waals surface area (Å²) in [6.07, 6.45) is 2.92. The number of anilines is 1. The van der Waals surface area contributed by atoms with Crippen molar-refractivity contribution in [3.8, 4) is 0 Å². The van der Waals surface area contributed by atoms with Crippen LogP contribution in [0.25, 0.3) is 0 Å². The van der Waals surface area contributed by atoms with Crippen molar-refractivity contribution < 1.29 is 0 Å². The number of aromatic amines is 1. The van der Waals surface area contributed by atoms with Crippen LogP contribution in [0.5, 0.6) is 0 Å². The fourth-order valence-corrected chi connectivity index (χ4v) is 1.88. The maximum absolute atomic E-state index is 11.6. The van der Waals surface area contributed by atoms with Gasteiger partial charge >= 0.3 is 0 Å². The first-order valence-electron chi connectivity index (χ1n) is 5.99. The summed E-state index contributed by atoms with van der Waals surface area (Å²) < 4.78 is 2.09. The maximum atomic E-state index is 11.6. The van der Waals surface area contributed by atoms with Gasteiger partial charge in [-0.2, -0.15) is 0 Å². The molecule has 0 spiro atoms. The normalized spacial score (nSPS) is 10.6. The van der Waals surface area contributed by atoms with Crippen LogP contribution in [0.3, 0.4) is 0 Å². The Labute approximate surface area is 106 Å². The van der Waals surface area contributed by atoms with E-state index in [0.717, 1.165) is 13.0 Å². The lowest BCUT2D eigenvalue weighted by Gasteiger charge is -2.09. The second kappa shape index (κ2) is 5.08. The Morgan fingerprint density at radius 2 is 2.22 bits per heavy atom. The first-order valence-corrected chi connectivity index (χ1v) is 5.99. The molecular weight excluding hydrogens is 228 g/mol. The highest BCUT2D eigenvalue weighted by molar-refractivity contribution is 5.41. The Kier molecular flexibility index (Phi) is 3.50. The maximum Gasteiger partial charge on any atom is 0.255 e. The van der Waals surface area contributed by atoms with E-state index < -0.39 is 0 Å². The van der Waals surface area contributed by atoms with E-state index in [1.807, 2.05) is 19.3 Å². The lowest BCUT2D eigenvalue weighted by atomic mass is 10.3. The first kappa shape index (κ1) is 12.4. The van der Waals surface area contributed by atoms with E-state index in [1.54, 1.807) is 13.8 Å². The lowest BCUT2D eigenvalue weighted by Crippen LogP contribution is -2.18. The molecule has 0 aliphatic rings. The van der Waals surface area contributed by atoms with E-state index in [2.05, 4.69) is 25.9 Å². The summed E-state index contributed by atoms with van der Waals surface area (Å²) in [5.74, 6) is 1.30. The Hall–Kier alpha value is -2.04. The fourth-order valence-electron chi connectivity index (χ4n) is 1.88. The number of aromatic nitrogens is 3. The summed E-state index contributed by atoms with van der Waals surface area (Å²) in [5, 5.41) is 3.22. The predicted molar refractivity (Wildman–Crippen MR) is 71.9 cm³/mol. The van der Waals surface area contributed by atoms with Crippen LogP contribution in [0.15, 0.2) is 23.1 Å². The smallest absolute Gasteiger partial charge is 0.255 e. The van der Waals surface area contributed by atoms with Crippen LogP contribution < -0.4 is 10.9 Å². The highest BCUT2D eigenvalue weighted by Crippen LogP contribution is 2.07. The molecular formula is C13H18N4O. The first-order chi connectivity index (χ1) is 8.58. The van der Waals surface area contributed by atoms with E-state index in [-0.39, 0.29) is 5.56 Å².